The topological polar surface area (TPSA) is 21.3 Å². The molecule has 1 saturated heterocycles. The van der Waals surface area contributed by atoms with Crippen LogP contribution in [0.25, 0.3) is 0 Å². The van der Waals surface area contributed by atoms with Gasteiger partial charge >= 0.3 is 0 Å². The summed E-state index contributed by atoms with van der Waals surface area (Å²) in [6.07, 6.45) is -1.46. The molecule has 0 aromatic heterocycles. The maximum atomic E-state index is 12.6. The Kier molecular flexibility index (Phi) is 3.40. The minimum atomic E-state index is -2.29. The van der Waals surface area contributed by atoms with E-state index in [-0.39, 0.29) is 0 Å². The first-order valence-electron chi connectivity index (χ1n) is 4.32. The minimum Gasteiger partial charge on any atom is -0.381 e. The Labute approximate surface area is 71.3 Å². The lowest BCUT2D eigenvalue weighted by molar-refractivity contribution is -0.0453. The van der Waals surface area contributed by atoms with Gasteiger partial charge in [-0.1, -0.05) is 6.92 Å². The van der Waals surface area contributed by atoms with E-state index in [1.165, 1.54) is 0 Å². The summed E-state index contributed by atoms with van der Waals surface area (Å²) in [6.45, 7) is 3.32. The molecule has 0 bridgehead atoms. The normalized spacial score (nSPS) is 23.0. The smallest absolute Gasteiger partial charge is 0.256 e. The highest BCUT2D eigenvalue weighted by Gasteiger charge is 2.40. The van der Waals surface area contributed by atoms with Gasteiger partial charge in [0, 0.05) is 13.2 Å². The fourth-order valence-corrected chi connectivity index (χ4v) is 1.56. The zero-order chi connectivity index (χ0) is 9.03. The first-order valence-corrected chi connectivity index (χ1v) is 4.32. The molecule has 1 aliphatic rings. The maximum Gasteiger partial charge on any atom is 0.256 e. The first-order chi connectivity index (χ1) is 5.71. The van der Waals surface area contributed by atoms with Crippen molar-refractivity contribution in [3.63, 3.8) is 0 Å². The van der Waals surface area contributed by atoms with Gasteiger partial charge in [0.05, 0.1) is 5.54 Å². The van der Waals surface area contributed by atoms with Crippen LogP contribution in [0.5, 0.6) is 0 Å². The third-order valence-corrected chi connectivity index (χ3v) is 2.33. The van der Waals surface area contributed by atoms with Crippen LogP contribution in [-0.4, -0.2) is 31.7 Å². The third kappa shape index (κ3) is 1.93. The van der Waals surface area contributed by atoms with Crippen LogP contribution in [0.4, 0.5) is 8.78 Å². The molecule has 0 aromatic carbocycles. The van der Waals surface area contributed by atoms with Gasteiger partial charge in [0.15, 0.2) is 0 Å². The molecule has 1 N–H and O–H groups in total. The Balaban J connectivity index is 2.56. The lowest BCUT2D eigenvalue weighted by Gasteiger charge is -2.37. The lowest BCUT2D eigenvalue weighted by Crippen LogP contribution is -2.54. The van der Waals surface area contributed by atoms with Crippen LogP contribution in [0.15, 0.2) is 0 Å². The number of hydrogen-bond donors (Lipinski definition) is 1. The zero-order valence-corrected chi connectivity index (χ0v) is 7.28. The number of hydrogen-bond acceptors (Lipinski definition) is 2. The molecule has 1 fully saturated rings. The van der Waals surface area contributed by atoms with Gasteiger partial charge in [-0.05, 0) is 19.4 Å². The first kappa shape index (κ1) is 9.86. The zero-order valence-electron chi connectivity index (χ0n) is 7.28. The van der Waals surface area contributed by atoms with E-state index in [0.717, 1.165) is 0 Å². The van der Waals surface area contributed by atoms with Crippen molar-refractivity contribution in [2.45, 2.75) is 31.7 Å². The van der Waals surface area contributed by atoms with Crippen molar-refractivity contribution in [2.24, 2.45) is 0 Å². The van der Waals surface area contributed by atoms with Gasteiger partial charge in [0.25, 0.3) is 6.43 Å². The van der Waals surface area contributed by atoms with E-state index in [9.17, 15) is 8.78 Å². The van der Waals surface area contributed by atoms with Gasteiger partial charge in [-0.25, -0.2) is 8.78 Å². The fraction of sp³-hybridized carbons (Fsp3) is 1.00. The molecular weight excluding hydrogens is 164 g/mol. The molecule has 1 heterocycles. The van der Waals surface area contributed by atoms with E-state index in [0.29, 0.717) is 32.6 Å². The summed E-state index contributed by atoms with van der Waals surface area (Å²) in [5, 5.41) is 2.87. The molecule has 0 saturated carbocycles. The molecule has 0 spiro atoms. The molecule has 0 radical (unpaired) electrons. The molecule has 1 rings (SSSR count). The van der Waals surface area contributed by atoms with Crippen LogP contribution < -0.4 is 5.32 Å². The Hall–Kier alpha value is -0.220. The van der Waals surface area contributed by atoms with Crippen LogP contribution in [0.2, 0.25) is 0 Å². The highest BCUT2D eigenvalue weighted by molar-refractivity contribution is 4.92. The second-order valence-corrected chi connectivity index (χ2v) is 3.10. The second-order valence-electron chi connectivity index (χ2n) is 3.10. The van der Waals surface area contributed by atoms with Crippen molar-refractivity contribution < 1.29 is 13.5 Å². The molecule has 4 heteroatoms. The molecule has 0 aromatic rings. The minimum absolute atomic E-state index is 0.415. The van der Waals surface area contributed by atoms with Crippen LogP contribution in [0.1, 0.15) is 19.8 Å². The average Bonchev–Trinajstić information content (AvgIpc) is 2.06. The van der Waals surface area contributed by atoms with Crippen molar-refractivity contribution in [1.29, 1.82) is 0 Å². The predicted molar refractivity (Wildman–Crippen MR) is 42.5 cm³/mol. The molecule has 72 valence electrons. The van der Waals surface area contributed by atoms with Gasteiger partial charge < -0.3 is 10.1 Å². The number of alkyl halides is 2. The van der Waals surface area contributed by atoms with E-state index >= 15 is 0 Å². The molecule has 0 atom stereocenters. The van der Waals surface area contributed by atoms with Crippen molar-refractivity contribution in [2.75, 3.05) is 19.8 Å². The highest BCUT2D eigenvalue weighted by atomic mass is 19.3. The molecule has 0 amide bonds. The SMILES string of the molecule is CCNC1(C(F)F)CCOCC1. The standard InChI is InChI=1S/C8H15F2NO/c1-2-11-8(7(9)10)3-5-12-6-4-8/h7,11H,2-6H2,1H3. The molecule has 2 nitrogen and oxygen atoms in total. The summed E-state index contributed by atoms with van der Waals surface area (Å²) in [5.41, 5.74) is -0.979. The summed E-state index contributed by atoms with van der Waals surface area (Å²) in [7, 11) is 0. The Morgan fingerprint density at radius 3 is 2.42 bits per heavy atom. The molecule has 0 unspecified atom stereocenters. The van der Waals surface area contributed by atoms with Crippen molar-refractivity contribution in [1.82, 2.24) is 5.32 Å². The second kappa shape index (κ2) is 4.14. The third-order valence-electron chi connectivity index (χ3n) is 2.33. The van der Waals surface area contributed by atoms with Crippen LogP contribution >= 0.6 is 0 Å². The highest BCUT2D eigenvalue weighted by Crippen LogP contribution is 2.27. The van der Waals surface area contributed by atoms with E-state index in [4.69, 9.17) is 4.74 Å². The molecule has 1 aliphatic heterocycles. The summed E-state index contributed by atoms with van der Waals surface area (Å²) < 4.78 is 30.3. The van der Waals surface area contributed by atoms with Gasteiger partial charge in [-0.2, -0.15) is 0 Å². The molecule has 12 heavy (non-hydrogen) atoms. The van der Waals surface area contributed by atoms with E-state index < -0.39 is 12.0 Å². The van der Waals surface area contributed by atoms with Crippen molar-refractivity contribution in [3.8, 4) is 0 Å². The summed E-state index contributed by atoms with van der Waals surface area (Å²) in [6, 6.07) is 0. The largest absolute Gasteiger partial charge is 0.381 e. The van der Waals surface area contributed by atoms with Crippen molar-refractivity contribution >= 4 is 0 Å². The quantitative estimate of drug-likeness (QED) is 0.707. The maximum absolute atomic E-state index is 12.6. The van der Waals surface area contributed by atoms with Crippen molar-refractivity contribution in [3.05, 3.63) is 0 Å². The number of ether oxygens (including phenoxy) is 1. The van der Waals surface area contributed by atoms with Crippen LogP contribution in [-0.2, 0) is 4.74 Å². The summed E-state index contributed by atoms with van der Waals surface area (Å²) in [5.74, 6) is 0. The lowest BCUT2D eigenvalue weighted by atomic mass is 9.90. The van der Waals surface area contributed by atoms with E-state index in [1.807, 2.05) is 6.92 Å². The Morgan fingerprint density at radius 2 is 2.00 bits per heavy atom. The Morgan fingerprint density at radius 1 is 1.42 bits per heavy atom. The fourth-order valence-electron chi connectivity index (χ4n) is 1.56. The van der Waals surface area contributed by atoms with Gasteiger partial charge in [0.1, 0.15) is 0 Å². The number of rotatable bonds is 3. The molecular formula is C8H15F2NO. The monoisotopic (exact) mass is 179 g/mol. The van der Waals surface area contributed by atoms with Gasteiger partial charge in [0.2, 0.25) is 0 Å². The van der Waals surface area contributed by atoms with E-state index in [1.54, 1.807) is 0 Å². The number of halogens is 2. The average molecular weight is 179 g/mol. The Bertz CT molecular complexity index is 130. The van der Waals surface area contributed by atoms with Gasteiger partial charge in [-0.15, -0.1) is 0 Å². The van der Waals surface area contributed by atoms with Crippen LogP contribution in [0, 0.1) is 0 Å². The number of nitrogens with one attached hydrogen (secondary N) is 1. The summed E-state index contributed by atoms with van der Waals surface area (Å²) >= 11 is 0. The van der Waals surface area contributed by atoms with Gasteiger partial charge in [-0.3, -0.25) is 0 Å². The van der Waals surface area contributed by atoms with Crippen LogP contribution in [0.3, 0.4) is 0 Å². The van der Waals surface area contributed by atoms with E-state index in [2.05, 4.69) is 5.32 Å². The predicted octanol–water partition coefficient (Wildman–Crippen LogP) is 1.41. The summed E-state index contributed by atoms with van der Waals surface area (Å²) in [4.78, 5) is 0. The molecule has 0 aliphatic carbocycles.